The van der Waals surface area contributed by atoms with Gasteiger partial charge in [0.25, 0.3) is 0 Å². The number of phenolic OH excluding ortho intramolecular Hbond substituents is 1. The van der Waals surface area contributed by atoms with E-state index in [1.165, 1.54) is 18.3 Å². The Kier molecular flexibility index (Phi) is 7.55. The number of hydrogen-bond acceptors (Lipinski definition) is 3. The first-order chi connectivity index (χ1) is 20.8. The van der Waals surface area contributed by atoms with Gasteiger partial charge in [-0.1, -0.05) is 72.8 Å². The van der Waals surface area contributed by atoms with Crippen molar-refractivity contribution in [2.45, 2.75) is 19.1 Å². The molecular weight excluding hydrogens is 552 g/mol. The lowest BCUT2D eigenvalue weighted by molar-refractivity contribution is -0.136. The zero-order chi connectivity index (χ0) is 30.0. The molecule has 1 aromatic heterocycles. The maximum Gasteiger partial charge on any atom is 0.418 e. The van der Waals surface area contributed by atoms with Crippen LogP contribution >= 0.6 is 0 Å². The van der Waals surface area contributed by atoms with Crippen LogP contribution < -0.4 is 5.32 Å². The third-order valence-electron chi connectivity index (χ3n) is 7.40. The van der Waals surface area contributed by atoms with Gasteiger partial charge in [0.2, 0.25) is 0 Å². The smallest absolute Gasteiger partial charge is 0.418 e. The molecule has 6 aromatic rings. The minimum Gasteiger partial charge on any atom is -0.508 e. The lowest BCUT2D eigenvalue weighted by Gasteiger charge is -2.17. The predicted octanol–water partition coefficient (Wildman–Crippen LogP) is 9.64. The van der Waals surface area contributed by atoms with Gasteiger partial charge in [0.1, 0.15) is 11.6 Å². The summed E-state index contributed by atoms with van der Waals surface area (Å²) in [7, 11) is 0. The number of halogens is 4. The molecule has 3 nitrogen and oxygen atoms in total. The van der Waals surface area contributed by atoms with Crippen LogP contribution in [0.25, 0.3) is 33.2 Å². The number of hydrogen-bond donors (Lipinski definition) is 2. The SMILES string of the molecule is Oc1ccc(-c2ccc(F)c(CNc3cccc(-c4c(Cc5ccccc5)cnc5c(C(F)(F)F)cccc45)c3)c2)cc1. The molecular formula is C36H26F4N2O. The van der Waals surface area contributed by atoms with E-state index in [9.17, 15) is 22.7 Å². The number of pyridine rings is 1. The van der Waals surface area contributed by atoms with Crippen molar-refractivity contribution in [2.24, 2.45) is 0 Å². The Morgan fingerprint density at radius 1 is 0.698 bits per heavy atom. The molecule has 0 saturated carbocycles. The zero-order valence-electron chi connectivity index (χ0n) is 22.9. The van der Waals surface area contributed by atoms with E-state index in [1.807, 2.05) is 54.6 Å². The van der Waals surface area contributed by atoms with Gasteiger partial charge in [0.15, 0.2) is 0 Å². The molecule has 0 atom stereocenters. The lowest BCUT2D eigenvalue weighted by atomic mass is 9.91. The number of rotatable bonds is 7. The molecule has 0 aliphatic rings. The van der Waals surface area contributed by atoms with Crippen molar-refractivity contribution in [3.63, 3.8) is 0 Å². The zero-order valence-corrected chi connectivity index (χ0v) is 22.9. The molecule has 43 heavy (non-hydrogen) atoms. The highest BCUT2D eigenvalue weighted by molar-refractivity contribution is 5.98. The molecule has 0 spiro atoms. The second-order valence-electron chi connectivity index (χ2n) is 10.3. The summed E-state index contributed by atoms with van der Waals surface area (Å²) in [6.07, 6.45) is -2.53. The largest absolute Gasteiger partial charge is 0.508 e. The quantitative estimate of drug-likeness (QED) is 0.185. The standard InChI is InChI=1S/C36H26F4N2O/c37-33-17-14-25(24-12-15-30(43)16-13-24)19-27(33)21-41-29-9-4-8-26(20-29)34-28(18-23-6-2-1-3-7-23)22-42-35-31(34)10-5-11-32(35)36(38,39)40/h1-17,19-20,22,41,43H,18,21H2. The average molecular weight is 579 g/mol. The summed E-state index contributed by atoms with van der Waals surface area (Å²) < 4.78 is 56.5. The van der Waals surface area contributed by atoms with Gasteiger partial charge in [-0.25, -0.2) is 4.39 Å². The van der Waals surface area contributed by atoms with Crippen molar-refractivity contribution in [2.75, 3.05) is 5.32 Å². The van der Waals surface area contributed by atoms with Crippen molar-refractivity contribution in [3.8, 4) is 28.0 Å². The molecule has 5 aromatic carbocycles. The van der Waals surface area contributed by atoms with Crippen molar-refractivity contribution >= 4 is 16.6 Å². The van der Waals surface area contributed by atoms with E-state index in [4.69, 9.17) is 0 Å². The number of nitrogens with zero attached hydrogens (tertiary/aromatic N) is 1. The number of benzene rings is 5. The number of phenols is 1. The van der Waals surface area contributed by atoms with Gasteiger partial charge in [-0.3, -0.25) is 4.98 Å². The van der Waals surface area contributed by atoms with Gasteiger partial charge >= 0.3 is 6.18 Å². The fourth-order valence-electron chi connectivity index (χ4n) is 5.31. The Morgan fingerprint density at radius 3 is 2.21 bits per heavy atom. The second-order valence-corrected chi connectivity index (χ2v) is 10.3. The molecule has 0 unspecified atom stereocenters. The van der Waals surface area contributed by atoms with Crippen molar-refractivity contribution in [1.82, 2.24) is 4.98 Å². The summed E-state index contributed by atoms with van der Waals surface area (Å²) in [5, 5.41) is 13.3. The molecule has 2 N–H and O–H groups in total. The summed E-state index contributed by atoms with van der Waals surface area (Å²) in [6.45, 7) is 0.188. The van der Waals surface area contributed by atoms with Crippen molar-refractivity contribution in [3.05, 3.63) is 150 Å². The van der Waals surface area contributed by atoms with Crippen molar-refractivity contribution in [1.29, 1.82) is 0 Å². The first-order valence-electron chi connectivity index (χ1n) is 13.7. The molecule has 7 heteroatoms. The van der Waals surface area contributed by atoms with E-state index in [-0.39, 0.29) is 23.6 Å². The Balaban J connectivity index is 1.37. The number of para-hydroxylation sites is 1. The first kappa shape index (κ1) is 28.0. The Bertz CT molecular complexity index is 1900. The third kappa shape index (κ3) is 6.06. The van der Waals surface area contributed by atoms with Crippen LogP contribution in [0, 0.1) is 5.82 Å². The number of aromatic nitrogens is 1. The first-order valence-corrected chi connectivity index (χ1v) is 13.7. The molecule has 0 amide bonds. The van der Waals surface area contributed by atoms with E-state index >= 15 is 0 Å². The summed E-state index contributed by atoms with van der Waals surface area (Å²) in [4.78, 5) is 4.28. The number of anilines is 1. The maximum atomic E-state index is 14.8. The van der Waals surface area contributed by atoms with Gasteiger partial charge in [0.05, 0.1) is 11.1 Å². The van der Waals surface area contributed by atoms with Gasteiger partial charge < -0.3 is 10.4 Å². The Labute approximate surface area is 246 Å². The van der Waals surface area contributed by atoms with Crippen LogP contribution in [0.5, 0.6) is 5.75 Å². The van der Waals surface area contributed by atoms with Crippen LogP contribution in [0.2, 0.25) is 0 Å². The van der Waals surface area contributed by atoms with E-state index in [1.54, 1.807) is 42.5 Å². The molecule has 0 radical (unpaired) electrons. The summed E-state index contributed by atoms with van der Waals surface area (Å²) in [5.41, 5.74) is 5.10. The van der Waals surface area contributed by atoms with Crippen LogP contribution in [0.4, 0.5) is 23.2 Å². The number of nitrogens with one attached hydrogen (secondary N) is 1. The maximum absolute atomic E-state index is 14.8. The summed E-state index contributed by atoms with van der Waals surface area (Å²) in [5.74, 6) is -0.215. The van der Waals surface area contributed by atoms with E-state index < -0.39 is 11.7 Å². The molecule has 214 valence electrons. The van der Waals surface area contributed by atoms with Gasteiger partial charge in [-0.2, -0.15) is 13.2 Å². The lowest BCUT2D eigenvalue weighted by Crippen LogP contribution is -2.07. The third-order valence-corrected chi connectivity index (χ3v) is 7.40. The molecule has 1 heterocycles. The number of fused-ring (bicyclic) bond motifs is 1. The summed E-state index contributed by atoms with van der Waals surface area (Å²) >= 11 is 0. The molecule has 0 fully saturated rings. The molecule has 0 bridgehead atoms. The monoisotopic (exact) mass is 578 g/mol. The Hall–Kier alpha value is -5.17. The van der Waals surface area contributed by atoms with Gasteiger partial charge in [0, 0.05) is 29.4 Å². The van der Waals surface area contributed by atoms with Crippen LogP contribution in [0.1, 0.15) is 22.3 Å². The van der Waals surface area contributed by atoms with E-state index in [2.05, 4.69) is 10.3 Å². The molecule has 0 aliphatic carbocycles. The highest BCUT2D eigenvalue weighted by Gasteiger charge is 2.33. The summed E-state index contributed by atoms with van der Waals surface area (Å²) in [6, 6.07) is 32.8. The predicted molar refractivity (Wildman–Crippen MR) is 162 cm³/mol. The van der Waals surface area contributed by atoms with Gasteiger partial charge in [-0.15, -0.1) is 0 Å². The minimum atomic E-state index is -4.55. The normalized spacial score (nSPS) is 11.5. The second kappa shape index (κ2) is 11.6. The Morgan fingerprint density at radius 2 is 1.44 bits per heavy atom. The van der Waals surface area contributed by atoms with Crippen LogP contribution in [-0.4, -0.2) is 10.1 Å². The van der Waals surface area contributed by atoms with E-state index in [0.29, 0.717) is 28.6 Å². The number of aromatic hydroxyl groups is 1. The van der Waals surface area contributed by atoms with Crippen LogP contribution in [0.3, 0.4) is 0 Å². The van der Waals surface area contributed by atoms with E-state index in [0.717, 1.165) is 33.9 Å². The van der Waals surface area contributed by atoms with Crippen molar-refractivity contribution < 1.29 is 22.7 Å². The highest BCUT2D eigenvalue weighted by Crippen LogP contribution is 2.39. The fraction of sp³-hybridized carbons (Fsp3) is 0.0833. The topological polar surface area (TPSA) is 45.1 Å². The molecule has 0 saturated heterocycles. The van der Waals surface area contributed by atoms with Crippen LogP contribution in [0.15, 0.2) is 121 Å². The number of alkyl halides is 3. The highest BCUT2D eigenvalue weighted by atomic mass is 19.4. The minimum absolute atomic E-state index is 0.103. The fourth-order valence-corrected chi connectivity index (χ4v) is 5.31. The average Bonchev–Trinajstić information content (AvgIpc) is 3.01. The van der Waals surface area contributed by atoms with Gasteiger partial charge in [-0.05, 0) is 82.3 Å². The molecule has 6 rings (SSSR count). The molecule has 0 aliphatic heterocycles. The van der Waals surface area contributed by atoms with Crippen LogP contribution in [-0.2, 0) is 19.1 Å².